The molecule has 8 heteroatoms. The molecule has 4 saturated carbocycles. The normalized spacial score (nSPS) is 31.3. The van der Waals surface area contributed by atoms with Crippen LogP contribution in [-0.2, 0) is 27.2 Å². The first-order valence-corrected chi connectivity index (χ1v) is 12.0. The van der Waals surface area contributed by atoms with Crippen LogP contribution in [-0.4, -0.2) is 57.4 Å². The average Bonchev–Trinajstić information content (AvgIpc) is 3.37. The maximum Gasteiger partial charge on any atom is 0.287 e. The Labute approximate surface area is 192 Å². The van der Waals surface area contributed by atoms with Crippen molar-refractivity contribution in [2.75, 3.05) is 20.3 Å². The summed E-state index contributed by atoms with van der Waals surface area (Å²) in [5.74, 6) is 0.266. The van der Waals surface area contributed by atoms with Crippen molar-refractivity contribution in [3.63, 3.8) is 0 Å². The fraction of sp³-hybridized carbons (Fsp3) is 0.600. The number of allylic oxidation sites excluding steroid dienone is 1. The van der Waals surface area contributed by atoms with E-state index in [2.05, 4.69) is 27.1 Å². The van der Waals surface area contributed by atoms with Gasteiger partial charge in [0, 0.05) is 37.2 Å². The number of hydrogen-bond donors (Lipinski definition) is 2. The van der Waals surface area contributed by atoms with Gasteiger partial charge in [-0.2, -0.15) is 5.10 Å². The lowest BCUT2D eigenvalue weighted by Crippen LogP contribution is -2.55. The van der Waals surface area contributed by atoms with Gasteiger partial charge in [-0.1, -0.05) is 12.2 Å². The number of fused-ring (bicyclic) bond motifs is 3. The zero-order chi connectivity index (χ0) is 22.7. The van der Waals surface area contributed by atoms with Crippen LogP contribution in [0.3, 0.4) is 0 Å². The first-order chi connectivity index (χ1) is 16.0. The van der Waals surface area contributed by atoms with Crippen molar-refractivity contribution in [3.05, 3.63) is 29.2 Å². The minimum absolute atomic E-state index is 0.0545. The van der Waals surface area contributed by atoms with Crippen LogP contribution in [0.1, 0.15) is 55.1 Å². The number of Topliss-reactive ketones (excluding diaryl/α,β-unsaturated/α-hetero) is 1. The van der Waals surface area contributed by atoms with Gasteiger partial charge in [0.1, 0.15) is 0 Å². The number of aliphatic hydroxyl groups is 1. The summed E-state index contributed by atoms with van der Waals surface area (Å²) in [6.45, 7) is 0.655. The number of hydrogen-bond acceptors (Lipinski definition) is 6. The van der Waals surface area contributed by atoms with E-state index in [1.165, 1.54) is 0 Å². The largest absolute Gasteiger partial charge is 0.390 e. The standard InChI is InChI=1S/C25H30N4O4/c1-33-6-5-26-24(31)21(30)9-20-18-13-27-19-4-2-3-17(19)23(18)29(28-20)22-15-7-14-8-16(22)12-25(32,10-14)11-15/h2-3,13-16,22,32H,4-12H2,1H3,(H,26,31). The Hall–Kier alpha value is -2.58. The van der Waals surface area contributed by atoms with Crippen LogP contribution in [0.5, 0.6) is 0 Å². The van der Waals surface area contributed by atoms with E-state index in [4.69, 9.17) is 9.84 Å². The van der Waals surface area contributed by atoms with Gasteiger partial charge in [0.25, 0.3) is 5.91 Å². The van der Waals surface area contributed by atoms with Gasteiger partial charge in [0.05, 0.1) is 41.6 Å². The average molecular weight is 451 g/mol. The van der Waals surface area contributed by atoms with Gasteiger partial charge in [-0.25, -0.2) is 0 Å². The van der Waals surface area contributed by atoms with Crippen LogP contribution in [0.25, 0.3) is 17.0 Å². The SMILES string of the molecule is COCCNC(=O)C(=O)Cc1nn(C2C3CC4CC2CC(O)(C4)C3)c2c3c(ncc12)CC=C3. The van der Waals surface area contributed by atoms with Crippen LogP contribution in [0.4, 0.5) is 0 Å². The molecule has 174 valence electrons. The Bertz CT molecular complexity index is 1150. The number of amides is 1. The molecule has 0 saturated heterocycles. The summed E-state index contributed by atoms with van der Waals surface area (Å²) in [4.78, 5) is 29.6. The molecular weight excluding hydrogens is 420 g/mol. The van der Waals surface area contributed by atoms with Gasteiger partial charge in [0.2, 0.25) is 5.78 Å². The predicted molar refractivity (Wildman–Crippen MR) is 121 cm³/mol. The number of nitrogens with one attached hydrogen (secondary N) is 1. The van der Waals surface area contributed by atoms with E-state index in [0.717, 1.165) is 60.7 Å². The second-order valence-electron chi connectivity index (χ2n) is 10.4. The van der Waals surface area contributed by atoms with Crippen LogP contribution < -0.4 is 5.32 Å². The number of carbonyl (C=O) groups is 2. The maximum absolute atomic E-state index is 12.7. The number of nitrogens with zero attached hydrogens (tertiary/aromatic N) is 3. The number of aromatic nitrogens is 3. The van der Waals surface area contributed by atoms with Crippen molar-refractivity contribution in [1.29, 1.82) is 0 Å². The molecule has 5 aliphatic carbocycles. The Balaban J connectivity index is 1.38. The molecule has 0 radical (unpaired) electrons. The smallest absolute Gasteiger partial charge is 0.287 e. The molecule has 7 rings (SSSR count). The highest BCUT2D eigenvalue weighted by Crippen LogP contribution is 2.60. The molecule has 5 aliphatic rings. The molecule has 2 unspecified atom stereocenters. The number of ketones is 1. The second kappa shape index (κ2) is 7.74. The molecule has 1 amide bonds. The summed E-state index contributed by atoms with van der Waals surface area (Å²) in [7, 11) is 1.55. The fourth-order valence-corrected chi connectivity index (χ4v) is 7.17. The molecule has 2 aromatic rings. The Morgan fingerprint density at radius 1 is 1.27 bits per heavy atom. The van der Waals surface area contributed by atoms with Gasteiger partial charge in [-0.3, -0.25) is 19.3 Å². The number of methoxy groups -OCH3 is 1. The third-order valence-electron chi connectivity index (χ3n) is 8.18. The van der Waals surface area contributed by atoms with E-state index in [1.807, 2.05) is 6.20 Å². The van der Waals surface area contributed by atoms with E-state index < -0.39 is 17.3 Å². The van der Waals surface area contributed by atoms with E-state index in [9.17, 15) is 14.7 Å². The van der Waals surface area contributed by atoms with Crippen LogP contribution in [0.2, 0.25) is 0 Å². The molecular formula is C25H30N4O4. The summed E-state index contributed by atoms with van der Waals surface area (Å²) < 4.78 is 7.09. The molecule has 2 heterocycles. The summed E-state index contributed by atoms with van der Waals surface area (Å²) in [5.41, 5.74) is 3.23. The molecule has 0 aliphatic heterocycles. The van der Waals surface area contributed by atoms with Crippen molar-refractivity contribution in [1.82, 2.24) is 20.1 Å². The first kappa shape index (κ1) is 21.0. The summed E-state index contributed by atoms with van der Waals surface area (Å²) in [5, 5.41) is 19.5. The minimum Gasteiger partial charge on any atom is -0.390 e. The summed E-state index contributed by atoms with van der Waals surface area (Å²) in [6.07, 6.45) is 11.6. The number of carbonyl (C=O) groups excluding carboxylic acids is 2. The molecule has 4 fully saturated rings. The van der Waals surface area contributed by atoms with E-state index in [1.54, 1.807) is 7.11 Å². The Morgan fingerprint density at radius 2 is 2.06 bits per heavy atom. The summed E-state index contributed by atoms with van der Waals surface area (Å²) >= 11 is 0. The minimum atomic E-state index is -0.611. The van der Waals surface area contributed by atoms with Crippen LogP contribution >= 0.6 is 0 Å². The Morgan fingerprint density at radius 3 is 2.79 bits per heavy atom. The second-order valence-corrected chi connectivity index (χ2v) is 10.4. The van der Waals surface area contributed by atoms with E-state index >= 15 is 0 Å². The van der Waals surface area contributed by atoms with E-state index in [-0.39, 0.29) is 12.5 Å². The lowest BCUT2D eigenvalue weighted by Gasteiger charge is -2.58. The Kier molecular flexibility index (Phi) is 4.92. The zero-order valence-electron chi connectivity index (χ0n) is 18.9. The fourth-order valence-electron chi connectivity index (χ4n) is 7.17. The lowest BCUT2D eigenvalue weighted by atomic mass is 9.52. The molecule has 8 nitrogen and oxygen atoms in total. The van der Waals surface area contributed by atoms with Crippen molar-refractivity contribution >= 4 is 28.7 Å². The van der Waals surface area contributed by atoms with Gasteiger partial charge < -0.3 is 15.2 Å². The number of ether oxygens (including phenoxy) is 1. The van der Waals surface area contributed by atoms with Crippen LogP contribution in [0.15, 0.2) is 12.3 Å². The van der Waals surface area contributed by atoms with Gasteiger partial charge >= 0.3 is 0 Å². The molecule has 2 atom stereocenters. The summed E-state index contributed by atoms with van der Waals surface area (Å²) in [6, 6.07) is 0.212. The topological polar surface area (TPSA) is 106 Å². The lowest BCUT2D eigenvalue weighted by molar-refractivity contribution is -0.148. The molecule has 0 spiro atoms. The van der Waals surface area contributed by atoms with Crippen molar-refractivity contribution in [2.24, 2.45) is 17.8 Å². The third-order valence-corrected chi connectivity index (χ3v) is 8.18. The maximum atomic E-state index is 12.7. The quantitative estimate of drug-likeness (QED) is 0.494. The first-order valence-electron chi connectivity index (χ1n) is 12.0. The van der Waals surface area contributed by atoms with E-state index in [0.29, 0.717) is 36.6 Å². The molecule has 2 aromatic heterocycles. The van der Waals surface area contributed by atoms with Crippen molar-refractivity contribution < 1.29 is 19.4 Å². The van der Waals surface area contributed by atoms with Gasteiger partial charge in [-0.15, -0.1) is 0 Å². The molecule has 4 bridgehead atoms. The number of rotatable bonds is 7. The van der Waals surface area contributed by atoms with Crippen LogP contribution in [0, 0.1) is 17.8 Å². The molecule has 2 N–H and O–H groups in total. The highest BCUT2D eigenvalue weighted by atomic mass is 16.5. The predicted octanol–water partition coefficient (Wildman–Crippen LogP) is 1.99. The third kappa shape index (κ3) is 3.42. The highest BCUT2D eigenvalue weighted by molar-refractivity contribution is 6.36. The van der Waals surface area contributed by atoms with Gasteiger partial charge in [-0.05, 0) is 49.9 Å². The highest BCUT2D eigenvalue weighted by Gasteiger charge is 2.56. The van der Waals surface area contributed by atoms with Gasteiger partial charge in [0.15, 0.2) is 0 Å². The zero-order valence-corrected chi connectivity index (χ0v) is 18.9. The number of pyridine rings is 1. The van der Waals surface area contributed by atoms with Crippen molar-refractivity contribution in [3.8, 4) is 0 Å². The molecule has 0 aromatic carbocycles. The molecule has 33 heavy (non-hydrogen) atoms. The van der Waals surface area contributed by atoms with Crippen molar-refractivity contribution in [2.45, 2.75) is 56.6 Å². The monoisotopic (exact) mass is 450 g/mol.